The number of hydrogen-bond donors (Lipinski definition) is 1. The Balaban J connectivity index is 2.35. The molecule has 96 valence electrons. The van der Waals surface area contributed by atoms with Crippen molar-refractivity contribution in [2.45, 2.75) is 45.7 Å². The van der Waals surface area contributed by atoms with Crippen molar-refractivity contribution >= 4 is 11.3 Å². The lowest BCUT2D eigenvalue weighted by atomic mass is 9.97. The molecule has 0 amide bonds. The molecule has 1 N–H and O–H groups in total. The van der Waals surface area contributed by atoms with Crippen molar-refractivity contribution in [2.75, 3.05) is 20.1 Å². The highest BCUT2D eigenvalue weighted by atomic mass is 32.1. The van der Waals surface area contributed by atoms with Gasteiger partial charge in [-0.25, -0.2) is 4.98 Å². The summed E-state index contributed by atoms with van der Waals surface area (Å²) in [7, 11) is 2.21. The van der Waals surface area contributed by atoms with Gasteiger partial charge in [-0.15, -0.1) is 11.3 Å². The lowest BCUT2D eigenvalue weighted by Gasteiger charge is -2.27. The molecule has 1 aliphatic heterocycles. The highest BCUT2D eigenvalue weighted by molar-refractivity contribution is 7.11. The van der Waals surface area contributed by atoms with Crippen molar-refractivity contribution in [3.63, 3.8) is 0 Å². The monoisotopic (exact) mass is 253 g/mol. The Bertz CT molecular complexity index is 370. The van der Waals surface area contributed by atoms with E-state index >= 15 is 0 Å². The molecule has 0 aromatic carbocycles. The summed E-state index contributed by atoms with van der Waals surface area (Å²) in [6, 6.07) is 0.624. The first-order valence-electron chi connectivity index (χ1n) is 6.38. The van der Waals surface area contributed by atoms with Gasteiger partial charge in [0.2, 0.25) is 0 Å². The number of likely N-dealkylation sites (tertiary alicyclic amines) is 1. The third-order valence-electron chi connectivity index (χ3n) is 3.87. The van der Waals surface area contributed by atoms with Crippen LogP contribution in [0.4, 0.5) is 0 Å². The van der Waals surface area contributed by atoms with E-state index in [1.807, 2.05) is 11.3 Å². The van der Waals surface area contributed by atoms with Crippen molar-refractivity contribution in [2.24, 2.45) is 0 Å². The Morgan fingerprint density at radius 3 is 2.65 bits per heavy atom. The summed E-state index contributed by atoms with van der Waals surface area (Å²) in [6.45, 7) is 10.8. The first kappa shape index (κ1) is 13.0. The van der Waals surface area contributed by atoms with Crippen LogP contribution in [0.25, 0.3) is 0 Å². The molecule has 0 aliphatic carbocycles. The molecule has 3 nitrogen and oxygen atoms in total. The van der Waals surface area contributed by atoms with Gasteiger partial charge < -0.3 is 10.2 Å². The maximum absolute atomic E-state index is 4.78. The number of aryl methyl sites for hydroxylation is 2. The van der Waals surface area contributed by atoms with Crippen LogP contribution in [-0.2, 0) is 5.54 Å². The Hall–Kier alpha value is -0.450. The second kappa shape index (κ2) is 4.67. The molecule has 0 radical (unpaired) electrons. The fourth-order valence-electron chi connectivity index (χ4n) is 2.68. The van der Waals surface area contributed by atoms with E-state index in [-0.39, 0.29) is 5.54 Å². The highest BCUT2D eigenvalue weighted by Crippen LogP contribution is 2.37. The summed E-state index contributed by atoms with van der Waals surface area (Å²) in [5.41, 5.74) is 1.26. The molecule has 1 saturated heterocycles. The zero-order valence-corrected chi connectivity index (χ0v) is 12.3. The van der Waals surface area contributed by atoms with E-state index in [4.69, 9.17) is 4.98 Å². The topological polar surface area (TPSA) is 28.2 Å². The van der Waals surface area contributed by atoms with Gasteiger partial charge in [-0.3, -0.25) is 0 Å². The standard InChI is InChI=1S/C13H23N3S/c1-6-14-13(7-9(2)16(5)8-13)12-15-10(3)11(4)17-12/h9,14H,6-8H2,1-5H3. The van der Waals surface area contributed by atoms with E-state index in [0.717, 1.165) is 19.5 Å². The Labute approximate surface area is 108 Å². The SMILES string of the molecule is CCNC1(c2nc(C)c(C)s2)CC(C)N(C)C1. The Morgan fingerprint density at radius 1 is 1.53 bits per heavy atom. The third kappa shape index (κ3) is 2.26. The molecule has 0 spiro atoms. The van der Waals surface area contributed by atoms with Gasteiger partial charge in [0, 0.05) is 17.5 Å². The molecule has 0 saturated carbocycles. The quantitative estimate of drug-likeness (QED) is 0.896. The molecular formula is C13H23N3S. The highest BCUT2D eigenvalue weighted by Gasteiger charge is 2.43. The van der Waals surface area contributed by atoms with Crippen LogP contribution in [0.1, 0.15) is 35.8 Å². The van der Waals surface area contributed by atoms with Crippen molar-refractivity contribution < 1.29 is 0 Å². The van der Waals surface area contributed by atoms with Crippen molar-refractivity contribution in [3.05, 3.63) is 15.6 Å². The molecule has 1 fully saturated rings. The van der Waals surface area contributed by atoms with E-state index in [0.29, 0.717) is 6.04 Å². The smallest absolute Gasteiger partial charge is 0.115 e. The largest absolute Gasteiger partial charge is 0.305 e. The molecule has 2 rings (SSSR count). The number of aromatic nitrogens is 1. The predicted molar refractivity (Wildman–Crippen MR) is 73.7 cm³/mol. The lowest BCUT2D eigenvalue weighted by Crippen LogP contribution is -2.44. The summed E-state index contributed by atoms with van der Waals surface area (Å²) < 4.78 is 0. The van der Waals surface area contributed by atoms with Gasteiger partial charge in [-0.1, -0.05) is 6.92 Å². The van der Waals surface area contributed by atoms with Crippen LogP contribution >= 0.6 is 11.3 Å². The van der Waals surface area contributed by atoms with Crippen molar-refractivity contribution in [1.82, 2.24) is 15.2 Å². The summed E-state index contributed by atoms with van der Waals surface area (Å²) in [4.78, 5) is 8.55. The second-order valence-corrected chi connectivity index (χ2v) is 6.44. The number of hydrogen-bond acceptors (Lipinski definition) is 4. The molecule has 2 heterocycles. The zero-order chi connectivity index (χ0) is 12.6. The van der Waals surface area contributed by atoms with E-state index in [1.165, 1.54) is 15.6 Å². The maximum atomic E-state index is 4.78. The average molecular weight is 253 g/mol. The van der Waals surface area contributed by atoms with Crippen LogP contribution in [-0.4, -0.2) is 36.1 Å². The Morgan fingerprint density at radius 2 is 2.24 bits per heavy atom. The van der Waals surface area contributed by atoms with E-state index in [1.54, 1.807) is 0 Å². The normalized spacial score (nSPS) is 30.1. The van der Waals surface area contributed by atoms with Crippen molar-refractivity contribution in [3.8, 4) is 0 Å². The molecule has 0 bridgehead atoms. The molecule has 2 atom stereocenters. The summed E-state index contributed by atoms with van der Waals surface area (Å²) in [5.74, 6) is 0. The van der Waals surface area contributed by atoms with E-state index in [2.05, 4.69) is 45.0 Å². The average Bonchev–Trinajstić information content (AvgIpc) is 2.72. The van der Waals surface area contributed by atoms with Gasteiger partial charge in [0.1, 0.15) is 5.01 Å². The number of thiazole rings is 1. The number of likely N-dealkylation sites (N-methyl/N-ethyl adjacent to an activating group) is 2. The van der Waals surface area contributed by atoms with Gasteiger partial charge in [0.05, 0.1) is 11.2 Å². The molecule has 1 aromatic rings. The first-order valence-corrected chi connectivity index (χ1v) is 7.20. The molecule has 2 unspecified atom stereocenters. The van der Waals surface area contributed by atoms with Crippen LogP contribution in [0.3, 0.4) is 0 Å². The first-order chi connectivity index (χ1) is 7.98. The summed E-state index contributed by atoms with van der Waals surface area (Å²) >= 11 is 1.85. The number of nitrogens with zero attached hydrogens (tertiary/aromatic N) is 2. The predicted octanol–water partition coefficient (Wildman–Crippen LogP) is 2.29. The molecule has 1 aliphatic rings. The molecule has 17 heavy (non-hydrogen) atoms. The maximum Gasteiger partial charge on any atom is 0.115 e. The van der Waals surface area contributed by atoms with Crippen LogP contribution in [0, 0.1) is 13.8 Å². The zero-order valence-electron chi connectivity index (χ0n) is 11.5. The van der Waals surface area contributed by atoms with Crippen LogP contribution in [0.15, 0.2) is 0 Å². The minimum Gasteiger partial charge on any atom is -0.305 e. The van der Waals surface area contributed by atoms with Gasteiger partial charge in [0.25, 0.3) is 0 Å². The van der Waals surface area contributed by atoms with Crippen LogP contribution in [0.5, 0.6) is 0 Å². The van der Waals surface area contributed by atoms with E-state index < -0.39 is 0 Å². The molecular weight excluding hydrogens is 230 g/mol. The van der Waals surface area contributed by atoms with Crippen molar-refractivity contribution in [1.29, 1.82) is 0 Å². The van der Waals surface area contributed by atoms with Gasteiger partial charge in [-0.05, 0) is 40.8 Å². The lowest BCUT2D eigenvalue weighted by molar-refractivity contribution is 0.301. The summed E-state index contributed by atoms with van der Waals surface area (Å²) in [6.07, 6.45) is 1.16. The number of nitrogens with one attached hydrogen (secondary N) is 1. The second-order valence-electron chi connectivity index (χ2n) is 5.24. The Kier molecular flexibility index (Phi) is 3.57. The van der Waals surface area contributed by atoms with Crippen LogP contribution < -0.4 is 5.32 Å². The third-order valence-corrected chi connectivity index (χ3v) is 5.15. The summed E-state index contributed by atoms with van der Waals surface area (Å²) in [5, 5.41) is 4.95. The minimum absolute atomic E-state index is 0.0760. The van der Waals surface area contributed by atoms with Gasteiger partial charge in [0.15, 0.2) is 0 Å². The van der Waals surface area contributed by atoms with E-state index in [9.17, 15) is 0 Å². The number of rotatable bonds is 3. The fraction of sp³-hybridized carbons (Fsp3) is 0.769. The molecule has 4 heteroatoms. The van der Waals surface area contributed by atoms with Gasteiger partial charge in [-0.2, -0.15) is 0 Å². The van der Waals surface area contributed by atoms with Crippen LogP contribution in [0.2, 0.25) is 0 Å². The minimum atomic E-state index is 0.0760. The molecule has 1 aromatic heterocycles. The van der Waals surface area contributed by atoms with Gasteiger partial charge >= 0.3 is 0 Å². The fourth-order valence-corrected chi connectivity index (χ4v) is 3.76.